The van der Waals surface area contributed by atoms with E-state index >= 15 is 0 Å². The Bertz CT molecular complexity index is 628. The second-order valence-corrected chi connectivity index (χ2v) is 8.91. The molecular formula is C20H28O4. The van der Waals surface area contributed by atoms with E-state index < -0.39 is 6.29 Å². The number of rotatable bonds is 3. The van der Waals surface area contributed by atoms with E-state index in [4.69, 9.17) is 13.9 Å². The third kappa shape index (κ3) is 1.70. The van der Waals surface area contributed by atoms with E-state index in [0.29, 0.717) is 24.5 Å². The number of epoxide rings is 1. The molecule has 1 N–H and O–H groups in total. The maximum atomic E-state index is 10.9. The third-order valence-electron chi connectivity index (χ3n) is 8.28. The molecule has 4 aliphatic rings. The standard InChI is InChI=1S/C20H28O4/c1-13-5-9-19-15(18(13,2)8-6-14-7-10-22-11-14)3-4-16-20(19,24-16)12-23-17(19)21/h7,10-11,13,15-17,21H,3-6,8-9,12H2,1-2H3/t13-,15-,16?,17?,18+,19-,20+/m0/s1. The van der Waals surface area contributed by atoms with Gasteiger partial charge in [-0.15, -0.1) is 0 Å². The van der Waals surface area contributed by atoms with E-state index in [9.17, 15) is 5.11 Å². The monoisotopic (exact) mass is 332 g/mol. The summed E-state index contributed by atoms with van der Waals surface area (Å²) in [5.74, 6) is 1.12. The molecule has 2 saturated heterocycles. The van der Waals surface area contributed by atoms with Gasteiger partial charge in [-0.3, -0.25) is 0 Å². The Labute approximate surface area is 143 Å². The van der Waals surface area contributed by atoms with Crippen LogP contribution < -0.4 is 0 Å². The maximum absolute atomic E-state index is 10.9. The fourth-order valence-electron chi connectivity index (χ4n) is 6.61. The van der Waals surface area contributed by atoms with E-state index in [2.05, 4.69) is 19.9 Å². The van der Waals surface area contributed by atoms with E-state index in [1.807, 2.05) is 6.26 Å². The molecule has 2 saturated carbocycles. The first-order valence-electron chi connectivity index (χ1n) is 9.51. The van der Waals surface area contributed by atoms with Gasteiger partial charge in [0.05, 0.1) is 30.7 Å². The highest BCUT2D eigenvalue weighted by Gasteiger charge is 2.81. The fourth-order valence-corrected chi connectivity index (χ4v) is 6.61. The predicted molar refractivity (Wildman–Crippen MR) is 88.3 cm³/mol. The van der Waals surface area contributed by atoms with Crippen LogP contribution in [0.5, 0.6) is 0 Å². The Morgan fingerprint density at radius 2 is 2.17 bits per heavy atom. The molecule has 4 nitrogen and oxygen atoms in total. The number of furan rings is 1. The van der Waals surface area contributed by atoms with Crippen LogP contribution >= 0.6 is 0 Å². The van der Waals surface area contributed by atoms with Gasteiger partial charge < -0.3 is 19.0 Å². The minimum Gasteiger partial charge on any atom is -0.472 e. The van der Waals surface area contributed by atoms with Gasteiger partial charge in [-0.1, -0.05) is 13.8 Å². The largest absolute Gasteiger partial charge is 0.472 e. The van der Waals surface area contributed by atoms with Crippen molar-refractivity contribution in [2.45, 2.75) is 70.4 Å². The second kappa shape index (κ2) is 4.87. The molecular weight excluding hydrogens is 304 g/mol. The molecule has 2 aliphatic carbocycles. The fraction of sp³-hybridized carbons (Fsp3) is 0.800. The highest BCUT2D eigenvalue weighted by atomic mass is 16.7. The summed E-state index contributed by atoms with van der Waals surface area (Å²) in [4.78, 5) is 0. The normalized spacial score (nSPS) is 52.5. The van der Waals surface area contributed by atoms with Crippen molar-refractivity contribution >= 4 is 0 Å². The van der Waals surface area contributed by atoms with Crippen LogP contribution in [-0.2, 0) is 15.9 Å². The average molecular weight is 332 g/mol. The van der Waals surface area contributed by atoms with Gasteiger partial charge in [-0.2, -0.15) is 0 Å². The Kier molecular flexibility index (Phi) is 3.13. The number of aliphatic hydroxyl groups excluding tert-OH is 1. The smallest absolute Gasteiger partial charge is 0.163 e. The van der Waals surface area contributed by atoms with Gasteiger partial charge in [0.2, 0.25) is 0 Å². The number of ether oxygens (including phenoxy) is 2. The summed E-state index contributed by atoms with van der Waals surface area (Å²) < 4.78 is 17.2. The van der Waals surface area contributed by atoms with Crippen LogP contribution in [0, 0.1) is 22.7 Å². The summed E-state index contributed by atoms with van der Waals surface area (Å²) in [7, 11) is 0. The molecule has 0 radical (unpaired) electrons. The molecule has 0 aromatic carbocycles. The van der Waals surface area contributed by atoms with Crippen molar-refractivity contribution in [2.24, 2.45) is 22.7 Å². The highest BCUT2D eigenvalue weighted by molar-refractivity contribution is 5.26. The zero-order valence-electron chi connectivity index (χ0n) is 14.7. The van der Waals surface area contributed by atoms with Crippen molar-refractivity contribution in [1.82, 2.24) is 0 Å². The van der Waals surface area contributed by atoms with Gasteiger partial charge in [0.15, 0.2) is 6.29 Å². The molecule has 1 aromatic heterocycles. The summed E-state index contributed by atoms with van der Waals surface area (Å²) in [6, 6.07) is 2.07. The Morgan fingerprint density at radius 3 is 2.96 bits per heavy atom. The van der Waals surface area contributed by atoms with E-state index in [1.165, 1.54) is 5.56 Å². The van der Waals surface area contributed by atoms with Crippen molar-refractivity contribution in [3.8, 4) is 0 Å². The van der Waals surface area contributed by atoms with Crippen LogP contribution in [0.4, 0.5) is 0 Å². The van der Waals surface area contributed by atoms with E-state index in [-0.39, 0.29) is 16.4 Å². The molecule has 1 aromatic rings. The molecule has 2 aliphatic heterocycles. The number of aryl methyl sites for hydroxylation is 1. The average Bonchev–Trinajstić information content (AvgIpc) is 2.94. The molecule has 2 spiro atoms. The quantitative estimate of drug-likeness (QED) is 0.860. The lowest BCUT2D eigenvalue weighted by atomic mass is 9.44. The minimum atomic E-state index is -0.659. The van der Waals surface area contributed by atoms with Crippen molar-refractivity contribution in [3.63, 3.8) is 0 Å². The number of hydrogen-bond acceptors (Lipinski definition) is 4. The van der Waals surface area contributed by atoms with Crippen molar-refractivity contribution in [2.75, 3.05) is 6.61 Å². The Balaban J connectivity index is 1.50. The first-order chi connectivity index (χ1) is 11.5. The van der Waals surface area contributed by atoms with E-state index in [1.54, 1.807) is 6.26 Å². The molecule has 7 atom stereocenters. The Morgan fingerprint density at radius 1 is 1.29 bits per heavy atom. The van der Waals surface area contributed by atoms with Crippen LogP contribution in [-0.4, -0.2) is 29.7 Å². The first kappa shape index (κ1) is 15.4. The van der Waals surface area contributed by atoms with E-state index in [0.717, 1.165) is 38.5 Å². The number of hydrogen-bond donors (Lipinski definition) is 1. The van der Waals surface area contributed by atoms with Gasteiger partial charge in [0, 0.05) is 0 Å². The molecule has 0 bridgehead atoms. The minimum absolute atomic E-state index is 0.187. The molecule has 0 amide bonds. The zero-order chi connectivity index (χ0) is 16.6. The van der Waals surface area contributed by atoms with Crippen LogP contribution in [0.15, 0.2) is 23.0 Å². The van der Waals surface area contributed by atoms with Gasteiger partial charge in [0.25, 0.3) is 0 Å². The molecule has 132 valence electrons. The molecule has 4 heteroatoms. The van der Waals surface area contributed by atoms with Crippen LogP contribution in [0.1, 0.15) is 51.5 Å². The van der Waals surface area contributed by atoms with Gasteiger partial charge in [-0.25, -0.2) is 0 Å². The van der Waals surface area contributed by atoms with Gasteiger partial charge in [0.1, 0.15) is 5.60 Å². The summed E-state index contributed by atoms with van der Waals surface area (Å²) in [6.45, 7) is 5.43. The molecule has 5 rings (SSSR count). The molecule has 24 heavy (non-hydrogen) atoms. The topological polar surface area (TPSA) is 55.1 Å². The maximum Gasteiger partial charge on any atom is 0.163 e. The molecule has 3 heterocycles. The molecule has 4 fully saturated rings. The Hall–Kier alpha value is -0.840. The summed E-state index contributed by atoms with van der Waals surface area (Å²) in [5.41, 5.74) is 1.10. The lowest BCUT2D eigenvalue weighted by Crippen LogP contribution is -2.60. The third-order valence-corrected chi connectivity index (χ3v) is 8.28. The second-order valence-electron chi connectivity index (χ2n) is 8.91. The van der Waals surface area contributed by atoms with Crippen molar-refractivity contribution in [1.29, 1.82) is 0 Å². The molecule has 2 unspecified atom stereocenters. The van der Waals surface area contributed by atoms with Gasteiger partial charge in [-0.05, 0) is 67.4 Å². The lowest BCUT2D eigenvalue weighted by Gasteiger charge is -2.59. The van der Waals surface area contributed by atoms with Crippen LogP contribution in [0.3, 0.4) is 0 Å². The number of aliphatic hydroxyl groups is 1. The predicted octanol–water partition coefficient (Wildman–Crippen LogP) is 3.53. The van der Waals surface area contributed by atoms with Gasteiger partial charge >= 0.3 is 0 Å². The lowest BCUT2D eigenvalue weighted by molar-refractivity contribution is -0.197. The van der Waals surface area contributed by atoms with Crippen LogP contribution in [0.2, 0.25) is 0 Å². The summed E-state index contributed by atoms with van der Waals surface area (Å²) in [5, 5.41) is 10.9. The SMILES string of the molecule is C[C@H]1CC[C@]23C(O)OC[C@]24OC4CC[C@H]3[C@]1(C)CCc1ccoc1. The van der Waals surface area contributed by atoms with Crippen molar-refractivity contribution < 1.29 is 19.0 Å². The summed E-state index contributed by atoms with van der Waals surface area (Å²) >= 11 is 0. The zero-order valence-corrected chi connectivity index (χ0v) is 14.7. The van der Waals surface area contributed by atoms with Crippen molar-refractivity contribution in [3.05, 3.63) is 24.2 Å². The summed E-state index contributed by atoms with van der Waals surface area (Å²) in [6.07, 6.45) is 9.92. The van der Waals surface area contributed by atoms with Crippen LogP contribution in [0.25, 0.3) is 0 Å². The first-order valence-corrected chi connectivity index (χ1v) is 9.51. The highest BCUT2D eigenvalue weighted by Crippen LogP contribution is 2.73.